The molecule has 0 bridgehead atoms. The molecule has 0 spiro atoms. The first-order valence-corrected chi connectivity index (χ1v) is 7.22. The van der Waals surface area contributed by atoms with Gasteiger partial charge in [-0.2, -0.15) is 0 Å². The second-order valence-corrected chi connectivity index (χ2v) is 5.32. The lowest BCUT2D eigenvalue weighted by molar-refractivity contribution is 0.0913. The number of piperidine rings is 1. The van der Waals surface area contributed by atoms with Crippen molar-refractivity contribution >= 4 is 16.9 Å². The first kappa shape index (κ1) is 13.1. The summed E-state index contributed by atoms with van der Waals surface area (Å²) < 4.78 is 0. The number of nitrogens with one attached hydrogen (secondary N) is 2. The van der Waals surface area contributed by atoms with Crippen LogP contribution in [0.4, 0.5) is 0 Å². The fourth-order valence-corrected chi connectivity index (χ4v) is 2.74. The maximum Gasteiger partial charge on any atom is 0.251 e. The average Bonchev–Trinajstić information content (AvgIpc) is 2.95. The molecule has 1 aromatic carbocycles. The Morgan fingerprint density at radius 1 is 1.45 bits per heavy atom. The van der Waals surface area contributed by atoms with E-state index in [9.17, 15) is 4.79 Å². The van der Waals surface area contributed by atoms with Gasteiger partial charge in [0.05, 0.1) is 17.4 Å². The molecule has 0 saturated carbocycles. The fourth-order valence-electron chi connectivity index (χ4n) is 2.74. The van der Waals surface area contributed by atoms with E-state index in [1.165, 1.54) is 0 Å². The van der Waals surface area contributed by atoms with Gasteiger partial charge < -0.3 is 15.2 Å². The number of nitrogens with zero attached hydrogens (tertiary/aromatic N) is 2. The van der Waals surface area contributed by atoms with Crippen molar-refractivity contribution < 1.29 is 4.79 Å². The van der Waals surface area contributed by atoms with Crippen LogP contribution in [0.25, 0.3) is 11.0 Å². The highest BCUT2D eigenvalue weighted by Crippen LogP contribution is 2.14. The van der Waals surface area contributed by atoms with Crippen molar-refractivity contribution in [3.63, 3.8) is 0 Å². The lowest BCUT2D eigenvalue weighted by Crippen LogP contribution is -2.44. The van der Waals surface area contributed by atoms with E-state index in [1.807, 2.05) is 18.2 Å². The maximum atomic E-state index is 12.3. The number of fused-ring (bicyclic) bond motifs is 1. The van der Waals surface area contributed by atoms with Crippen molar-refractivity contribution in [1.29, 1.82) is 0 Å². The minimum atomic E-state index is 0.0106. The van der Waals surface area contributed by atoms with Gasteiger partial charge in [0.15, 0.2) is 0 Å². The number of aromatic nitrogens is 2. The monoisotopic (exact) mass is 272 g/mol. The van der Waals surface area contributed by atoms with Gasteiger partial charge in [0.25, 0.3) is 5.91 Å². The zero-order chi connectivity index (χ0) is 13.9. The molecule has 0 radical (unpaired) electrons. The van der Waals surface area contributed by atoms with Crippen molar-refractivity contribution in [2.75, 3.05) is 19.6 Å². The molecule has 1 aliphatic rings. The minimum Gasteiger partial charge on any atom is -0.349 e. The predicted molar refractivity (Wildman–Crippen MR) is 78.7 cm³/mol. The van der Waals surface area contributed by atoms with E-state index in [-0.39, 0.29) is 5.91 Å². The molecule has 2 N–H and O–H groups in total. The zero-order valence-electron chi connectivity index (χ0n) is 11.7. The first-order chi connectivity index (χ1) is 9.76. The number of rotatable bonds is 3. The van der Waals surface area contributed by atoms with Gasteiger partial charge in [-0.1, -0.05) is 6.92 Å². The molecule has 2 heterocycles. The largest absolute Gasteiger partial charge is 0.349 e. The Kier molecular flexibility index (Phi) is 3.69. The number of hydrogen-bond acceptors (Lipinski definition) is 3. The fraction of sp³-hybridized carbons (Fsp3) is 0.467. The third kappa shape index (κ3) is 2.67. The highest BCUT2D eigenvalue weighted by Gasteiger charge is 2.20. The Labute approximate surface area is 118 Å². The number of likely N-dealkylation sites (tertiary alicyclic amines) is 1. The zero-order valence-corrected chi connectivity index (χ0v) is 11.7. The van der Waals surface area contributed by atoms with Crippen LogP contribution in [0, 0.1) is 0 Å². The molecule has 0 aliphatic carbocycles. The third-order valence-corrected chi connectivity index (χ3v) is 4.05. The SMILES string of the molecule is CCN1CCC(NC(=O)c2ccc3nc[nH]c3c2)CC1. The van der Waals surface area contributed by atoms with E-state index in [0.717, 1.165) is 43.5 Å². The Balaban J connectivity index is 1.64. The second kappa shape index (κ2) is 5.63. The summed E-state index contributed by atoms with van der Waals surface area (Å²) in [6.45, 7) is 5.41. The third-order valence-electron chi connectivity index (χ3n) is 4.05. The molecule has 1 aromatic heterocycles. The molecule has 0 unspecified atom stereocenters. The van der Waals surface area contributed by atoms with E-state index < -0.39 is 0 Å². The van der Waals surface area contributed by atoms with Crippen molar-refractivity contribution in [1.82, 2.24) is 20.2 Å². The van der Waals surface area contributed by atoms with Crippen molar-refractivity contribution in [3.05, 3.63) is 30.1 Å². The van der Waals surface area contributed by atoms with E-state index in [2.05, 4.69) is 27.1 Å². The van der Waals surface area contributed by atoms with Crippen molar-refractivity contribution in [3.8, 4) is 0 Å². The molecule has 1 fully saturated rings. The number of imidazole rings is 1. The van der Waals surface area contributed by atoms with E-state index >= 15 is 0 Å². The maximum absolute atomic E-state index is 12.3. The van der Waals surface area contributed by atoms with Gasteiger partial charge in [-0.05, 0) is 37.6 Å². The highest BCUT2D eigenvalue weighted by molar-refractivity contribution is 5.97. The summed E-state index contributed by atoms with van der Waals surface area (Å²) in [6.07, 6.45) is 3.71. The van der Waals surface area contributed by atoms with Crippen LogP contribution in [-0.4, -0.2) is 46.5 Å². The second-order valence-electron chi connectivity index (χ2n) is 5.32. The molecular formula is C15H20N4O. The minimum absolute atomic E-state index is 0.0106. The molecule has 106 valence electrons. The average molecular weight is 272 g/mol. The van der Waals surface area contributed by atoms with Crippen LogP contribution in [0.2, 0.25) is 0 Å². The first-order valence-electron chi connectivity index (χ1n) is 7.22. The molecular weight excluding hydrogens is 252 g/mol. The summed E-state index contributed by atoms with van der Waals surface area (Å²) in [5.74, 6) is 0.0106. The number of benzene rings is 1. The summed E-state index contributed by atoms with van der Waals surface area (Å²) in [7, 11) is 0. The van der Waals surface area contributed by atoms with Gasteiger partial charge in [0.2, 0.25) is 0 Å². The van der Waals surface area contributed by atoms with E-state index in [4.69, 9.17) is 0 Å². The van der Waals surface area contributed by atoms with Crippen LogP contribution in [-0.2, 0) is 0 Å². The van der Waals surface area contributed by atoms with E-state index in [0.29, 0.717) is 11.6 Å². The highest BCUT2D eigenvalue weighted by atomic mass is 16.1. The Morgan fingerprint density at radius 3 is 3.00 bits per heavy atom. The summed E-state index contributed by atoms with van der Waals surface area (Å²) in [4.78, 5) is 21.9. The lowest BCUT2D eigenvalue weighted by atomic mass is 10.0. The normalized spacial score (nSPS) is 17.4. The standard InChI is InChI=1S/C15H20N4O/c1-2-19-7-5-12(6-8-19)18-15(20)11-3-4-13-14(9-11)17-10-16-13/h3-4,9-10,12H,2,5-8H2,1H3,(H,16,17)(H,18,20). The van der Waals surface area contributed by atoms with Crippen LogP contribution in [0.1, 0.15) is 30.1 Å². The summed E-state index contributed by atoms with van der Waals surface area (Å²) in [5.41, 5.74) is 2.48. The number of carbonyl (C=O) groups excluding carboxylic acids is 1. The molecule has 5 nitrogen and oxygen atoms in total. The van der Waals surface area contributed by atoms with Gasteiger partial charge in [0.1, 0.15) is 0 Å². The van der Waals surface area contributed by atoms with Gasteiger partial charge in [0, 0.05) is 24.7 Å². The lowest BCUT2D eigenvalue weighted by Gasteiger charge is -2.31. The Morgan fingerprint density at radius 2 is 2.25 bits per heavy atom. The molecule has 5 heteroatoms. The smallest absolute Gasteiger partial charge is 0.251 e. The van der Waals surface area contributed by atoms with Gasteiger partial charge in [-0.15, -0.1) is 0 Å². The van der Waals surface area contributed by atoms with Crippen LogP contribution in [0.15, 0.2) is 24.5 Å². The van der Waals surface area contributed by atoms with Crippen LogP contribution < -0.4 is 5.32 Å². The molecule has 0 atom stereocenters. The van der Waals surface area contributed by atoms with Crippen molar-refractivity contribution in [2.24, 2.45) is 0 Å². The van der Waals surface area contributed by atoms with Gasteiger partial charge in [-0.3, -0.25) is 4.79 Å². The summed E-state index contributed by atoms with van der Waals surface area (Å²) in [5, 5.41) is 3.14. The molecule has 20 heavy (non-hydrogen) atoms. The number of hydrogen-bond donors (Lipinski definition) is 2. The Hall–Kier alpha value is -1.88. The van der Waals surface area contributed by atoms with Crippen LogP contribution >= 0.6 is 0 Å². The van der Waals surface area contributed by atoms with E-state index in [1.54, 1.807) is 6.33 Å². The van der Waals surface area contributed by atoms with Gasteiger partial charge >= 0.3 is 0 Å². The number of amides is 1. The predicted octanol–water partition coefficient (Wildman–Crippen LogP) is 1.78. The van der Waals surface area contributed by atoms with Crippen LogP contribution in [0.3, 0.4) is 0 Å². The molecule has 2 aromatic rings. The molecule has 3 rings (SSSR count). The van der Waals surface area contributed by atoms with Crippen molar-refractivity contribution in [2.45, 2.75) is 25.8 Å². The summed E-state index contributed by atoms with van der Waals surface area (Å²) in [6, 6.07) is 5.86. The van der Waals surface area contributed by atoms with Crippen LogP contribution in [0.5, 0.6) is 0 Å². The summed E-state index contributed by atoms with van der Waals surface area (Å²) >= 11 is 0. The van der Waals surface area contributed by atoms with Gasteiger partial charge in [-0.25, -0.2) is 4.98 Å². The number of carbonyl (C=O) groups is 1. The topological polar surface area (TPSA) is 61.0 Å². The number of H-pyrrole nitrogens is 1. The Bertz CT molecular complexity index is 599. The number of aromatic amines is 1. The molecule has 1 saturated heterocycles. The molecule has 1 amide bonds. The molecule has 1 aliphatic heterocycles. The quantitative estimate of drug-likeness (QED) is 0.895.